The highest BCUT2D eigenvalue weighted by Gasteiger charge is 2.28. The van der Waals surface area contributed by atoms with Gasteiger partial charge in [-0.25, -0.2) is 0 Å². The van der Waals surface area contributed by atoms with E-state index in [1.165, 1.54) is 6.42 Å². The second-order valence-corrected chi connectivity index (χ2v) is 6.49. The first-order chi connectivity index (χ1) is 8.94. The van der Waals surface area contributed by atoms with Crippen molar-refractivity contribution in [1.82, 2.24) is 4.98 Å². The molecule has 0 spiro atoms. The lowest BCUT2D eigenvalue weighted by atomic mass is 9.83. The normalized spacial score (nSPS) is 14.2. The lowest BCUT2D eigenvalue weighted by Gasteiger charge is -2.29. The van der Waals surface area contributed by atoms with Crippen LogP contribution in [0.25, 0.3) is 0 Å². The number of aromatic nitrogens is 1. The van der Waals surface area contributed by atoms with Crippen LogP contribution in [0, 0.1) is 11.8 Å². The van der Waals surface area contributed by atoms with Gasteiger partial charge in [-0.3, -0.25) is 4.98 Å². The molecule has 1 heterocycles. The monoisotopic (exact) mass is 343 g/mol. The Morgan fingerprint density at radius 1 is 1.10 bits per heavy atom. The van der Waals surface area contributed by atoms with Crippen LogP contribution >= 0.6 is 17.0 Å². The van der Waals surface area contributed by atoms with E-state index < -0.39 is 5.60 Å². The average Bonchev–Trinajstić information content (AvgIpc) is 2.37. The van der Waals surface area contributed by atoms with Crippen LogP contribution in [0.2, 0.25) is 0 Å². The largest absolute Gasteiger partial charge is 0.385 e. The molecule has 1 rings (SSSR count). The van der Waals surface area contributed by atoms with Crippen LogP contribution in [0.15, 0.2) is 24.5 Å². The third kappa shape index (κ3) is 6.85. The standard InChI is InChI=1S/C17H29NO.BrH/c1-14(2)7-5-10-17(19,11-9-15(3)4)16-8-6-12-18-13-16;/h6,8,12-15,19H,5,7,9-11H2,1-4H3;1H. The molecule has 1 aromatic heterocycles. The summed E-state index contributed by atoms with van der Waals surface area (Å²) < 4.78 is 0. The van der Waals surface area contributed by atoms with E-state index in [0.29, 0.717) is 11.8 Å². The SMILES string of the molecule is Br.CC(C)CCCC(O)(CCC(C)C)c1cccnc1. The van der Waals surface area contributed by atoms with Crippen molar-refractivity contribution in [3.05, 3.63) is 30.1 Å². The van der Waals surface area contributed by atoms with E-state index in [4.69, 9.17) is 0 Å². The zero-order valence-corrected chi connectivity index (χ0v) is 15.0. The number of rotatable bonds is 8. The molecule has 1 unspecified atom stereocenters. The summed E-state index contributed by atoms with van der Waals surface area (Å²) in [5.74, 6) is 1.32. The maximum absolute atomic E-state index is 11.0. The Kier molecular flexibility index (Phi) is 9.32. The van der Waals surface area contributed by atoms with Gasteiger partial charge < -0.3 is 5.11 Å². The highest BCUT2D eigenvalue weighted by atomic mass is 79.9. The van der Waals surface area contributed by atoms with Crippen molar-refractivity contribution in [1.29, 1.82) is 0 Å². The molecule has 116 valence electrons. The molecule has 1 aromatic rings. The fourth-order valence-corrected chi connectivity index (χ4v) is 2.38. The molecule has 0 amide bonds. The molecule has 0 aromatic carbocycles. The molecule has 1 atom stereocenters. The molecule has 20 heavy (non-hydrogen) atoms. The number of hydrogen-bond donors (Lipinski definition) is 1. The van der Waals surface area contributed by atoms with Crippen molar-refractivity contribution in [3.8, 4) is 0 Å². The van der Waals surface area contributed by atoms with Gasteiger partial charge in [-0.05, 0) is 43.6 Å². The summed E-state index contributed by atoms with van der Waals surface area (Å²) in [6.07, 6.45) is 8.53. The van der Waals surface area contributed by atoms with Gasteiger partial charge in [0.2, 0.25) is 0 Å². The van der Waals surface area contributed by atoms with Gasteiger partial charge in [-0.2, -0.15) is 0 Å². The molecule has 0 saturated carbocycles. The van der Waals surface area contributed by atoms with E-state index in [1.807, 2.05) is 18.3 Å². The van der Waals surface area contributed by atoms with Crippen LogP contribution in [-0.4, -0.2) is 10.1 Å². The minimum Gasteiger partial charge on any atom is -0.385 e. The van der Waals surface area contributed by atoms with Crippen LogP contribution in [-0.2, 0) is 5.60 Å². The molecule has 0 fully saturated rings. The summed E-state index contributed by atoms with van der Waals surface area (Å²) in [7, 11) is 0. The summed E-state index contributed by atoms with van der Waals surface area (Å²) in [5, 5.41) is 11.0. The second kappa shape index (κ2) is 9.51. The smallest absolute Gasteiger partial charge is 0.0911 e. The highest BCUT2D eigenvalue weighted by molar-refractivity contribution is 8.93. The Bertz CT molecular complexity index is 353. The Morgan fingerprint density at radius 3 is 2.25 bits per heavy atom. The minimum atomic E-state index is -0.701. The van der Waals surface area contributed by atoms with Gasteiger partial charge >= 0.3 is 0 Å². The first-order valence-corrected chi connectivity index (χ1v) is 7.57. The van der Waals surface area contributed by atoms with Gasteiger partial charge in [-0.15, -0.1) is 17.0 Å². The van der Waals surface area contributed by atoms with Crippen LogP contribution in [0.1, 0.15) is 65.4 Å². The molecular formula is C17H30BrNO. The third-order valence-electron chi connectivity index (χ3n) is 3.71. The van der Waals surface area contributed by atoms with E-state index >= 15 is 0 Å². The van der Waals surface area contributed by atoms with Crippen molar-refractivity contribution in [2.45, 2.75) is 65.4 Å². The average molecular weight is 344 g/mol. The van der Waals surface area contributed by atoms with Gasteiger partial charge in [0.1, 0.15) is 0 Å². The zero-order chi connectivity index (χ0) is 14.3. The molecule has 0 saturated heterocycles. The van der Waals surface area contributed by atoms with Crippen LogP contribution < -0.4 is 0 Å². The topological polar surface area (TPSA) is 33.1 Å². The Morgan fingerprint density at radius 2 is 1.75 bits per heavy atom. The summed E-state index contributed by atoms with van der Waals surface area (Å²) >= 11 is 0. The summed E-state index contributed by atoms with van der Waals surface area (Å²) in [6, 6.07) is 3.92. The molecule has 0 aliphatic carbocycles. The maximum Gasteiger partial charge on any atom is 0.0911 e. The Balaban J connectivity index is 0.00000361. The fourth-order valence-electron chi connectivity index (χ4n) is 2.38. The van der Waals surface area contributed by atoms with Crippen LogP contribution in [0.5, 0.6) is 0 Å². The van der Waals surface area contributed by atoms with Crippen molar-refractivity contribution in [3.63, 3.8) is 0 Å². The van der Waals surface area contributed by atoms with Gasteiger partial charge in [0.05, 0.1) is 5.60 Å². The van der Waals surface area contributed by atoms with Crippen molar-refractivity contribution < 1.29 is 5.11 Å². The molecule has 3 heteroatoms. The maximum atomic E-state index is 11.0. The Hall–Kier alpha value is -0.410. The van der Waals surface area contributed by atoms with Gasteiger partial charge in [0.25, 0.3) is 0 Å². The van der Waals surface area contributed by atoms with Crippen molar-refractivity contribution >= 4 is 17.0 Å². The van der Waals surface area contributed by atoms with E-state index in [1.54, 1.807) is 6.20 Å². The summed E-state index contributed by atoms with van der Waals surface area (Å²) in [4.78, 5) is 4.16. The van der Waals surface area contributed by atoms with Crippen molar-refractivity contribution in [2.75, 3.05) is 0 Å². The number of nitrogens with zero attached hydrogens (tertiary/aromatic N) is 1. The first-order valence-electron chi connectivity index (χ1n) is 7.57. The van der Waals surface area contributed by atoms with Gasteiger partial charge in [0, 0.05) is 18.0 Å². The zero-order valence-electron chi connectivity index (χ0n) is 13.3. The highest BCUT2D eigenvalue weighted by Crippen LogP contribution is 2.33. The number of hydrogen-bond acceptors (Lipinski definition) is 2. The molecule has 0 bridgehead atoms. The molecule has 0 aliphatic rings. The lowest BCUT2D eigenvalue weighted by molar-refractivity contribution is 0.00992. The fraction of sp³-hybridized carbons (Fsp3) is 0.706. The predicted molar refractivity (Wildman–Crippen MR) is 91.2 cm³/mol. The molecule has 1 N–H and O–H groups in total. The third-order valence-corrected chi connectivity index (χ3v) is 3.71. The van der Waals surface area contributed by atoms with Crippen LogP contribution in [0.3, 0.4) is 0 Å². The number of halogens is 1. The minimum absolute atomic E-state index is 0. The van der Waals surface area contributed by atoms with Crippen molar-refractivity contribution in [2.24, 2.45) is 11.8 Å². The molecule has 0 aliphatic heterocycles. The van der Waals surface area contributed by atoms with Crippen LogP contribution in [0.4, 0.5) is 0 Å². The van der Waals surface area contributed by atoms with Gasteiger partial charge in [0.15, 0.2) is 0 Å². The molecular weight excluding hydrogens is 314 g/mol. The quantitative estimate of drug-likeness (QED) is 0.711. The molecule has 0 radical (unpaired) electrons. The summed E-state index contributed by atoms with van der Waals surface area (Å²) in [6.45, 7) is 8.88. The summed E-state index contributed by atoms with van der Waals surface area (Å²) in [5.41, 5.74) is 0.271. The van der Waals surface area contributed by atoms with E-state index in [-0.39, 0.29) is 17.0 Å². The number of aliphatic hydroxyl groups is 1. The second-order valence-electron chi connectivity index (χ2n) is 6.49. The predicted octanol–water partition coefficient (Wildman–Crippen LogP) is 5.11. The first kappa shape index (κ1) is 19.6. The number of pyridine rings is 1. The molecule has 2 nitrogen and oxygen atoms in total. The van der Waals surface area contributed by atoms with Gasteiger partial charge in [-0.1, -0.05) is 40.2 Å². The van der Waals surface area contributed by atoms with E-state index in [0.717, 1.165) is 31.2 Å². The Labute approximate surface area is 134 Å². The van der Waals surface area contributed by atoms with E-state index in [9.17, 15) is 5.11 Å². The van der Waals surface area contributed by atoms with E-state index in [2.05, 4.69) is 32.7 Å². The lowest BCUT2D eigenvalue weighted by Crippen LogP contribution is -2.26.